The number of halogens is 4. The van der Waals surface area contributed by atoms with Gasteiger partial charge in [0.05, 0.1) is 18.6 Å². The number of aromatic nitrogens is 3. The fourth-order valence-electron chi connectivity index (χ4n) is 2.40. The first-order chi connectivity index (χ1) is 13.0. The van der Waals surface area contributed by atoms with E-state index in [4.69, 9.17) is 0 Å². The number of hydrogen-bond acceptors (Lipinski definition) is 4. The number of guanidine groups is 1. The van der Waals surface area contributed by atoms with Gasteiger partial charge in [-0.15, -0.1) is 35.3 Å². The van der Waals surface area contributed by atoms with Gasteiger partial charge in [-0.3, -0.25) is 4.99 Å². The fourth-order valence-corrected chi connectivity index (χ4v) is 3.14. The summed E-state index contributed by atoms with van der Waals surface area (Å²) in [6.07, 6.45) is 0.846. The van der Waals surface area contributed by atoms with Crippen LogP contribution in [-0.2, 0) is 19.3 Å². The van der Waals surface area contributed by atoms with Crippen LogP contribution in [0.4, 0.5) is 13.2 Å². The number of nitrogens with zero attached hydrogens (tertiary/aromatic N) is 4. The second-order valence-electron chi connectivity index (χ2n) is 5.50. The largest absolute Gasteiger partial charge is 0.434 e. The van der Waals surface area contributed by atoms with Gasteiger partial charge < -0.3 is 15.2 Å². The molecule has 0 spiro atoms. The van der Waals surface area contributed by atoms with Crippen LogP contribution in [0.15, 0.2) is 53.4 Å². The molecule has 0 atom stereocenters. The third-order valence-electron chi connectivity index (χ3n) is 3.69. The number of thiazole rings is 1. The quantitative estimate of drug-likeness (QED) is 0.304. The highest BCUT2D eigenvalue weighted by molar-refractivity contribution is 14.0. The molecule has 0 aliphatic rings. The highest BCUT2D eigenvalue weighted by Gasteiger charge is 2.33. The lowest BCUT2D eigenvalue weighted by Crippen LogP contribution is -2.36. The Hall–Kier alpha value is -2.15. The standard InChI is InChI=1S/C17H17F3N6S.HI/c1-21-16(24-9-15-25-14(10-27-15)17(18,19)20)23-8-12-4-2-3-5-13(12)26-7-6-22-11-26;/h2-7,10-11H,8-9H2,1H3,(H2,21,23,24);1H. The van der Waals surface area contributed by atoms with Crippen LogP contribution in [0.25, 0.3) is 5.69 Å². The Morgan fingerprint density at radius 2 is 1.96 bits per heavy atom. The van der Waals surface area contributed by atoms with E-state index >= 15 is 0 Å². The minimum absolute atomic E-state index is 0. The molecule has 6 nitrogen and oxygen atoms in total. The summed E-state index contributed by atoms with van der Waals surface area (Å²) in [4.78, 5) is 11.7. The van der Waals surface area contributed by atoms with Gasteiger partial charge in [0, 0.05) is 31.4 Å². The van der Waals surface area contributed by atoms with Gasteiger partial charge in [0.2, 0.25) is 0 Å². The maximum absolute atomic E-state index is 12.6. The van der Waals surface area contributed by atoms with E-state index in [1.54, 1.807) is 19.6 Å². The molecule has 0 radical (unpaired) electrons. The van der Waals surface area contributed by atoms with E-state index in [0.717, 1.165) is 28.0 Å². The number of alkyl halides is 3. The van der Waals surface area contributed by atoms with Crippen molar-refractivity contribution in [3.05, 3.63) is 64.6 Å². The Balaban J connectivity index is 0.00000280. The highest BCUT2D eigenvalue weighted by Crippen LogP contribution is 2.29. The molecule has 2 N–H and O–H groups in total. The van der Waals surface area contributed by atoms with E-state index < -0.39 is 11.9 Å². The van der Waals surface area contributed by atoms with E-state index in [9.17, 15) is 13.2 Å². The molecular weight excluding hydrogens is 504 g/mol. The summed E-state index contributed by atoms with van der Waals surface area (Å²) in [5.41, 5.74) is 1.13. The lowest BCUT2D eigenvalue weighted by Gasteiger charge is -2.14. The topological polar surface area (TPSA) is 67.1 Å². The second kappa shape index (κ2) is 9.87. The zero-order chi connectivity index (χ0) is 19.3. The van der Waals surface area contributed by atoms with Crippen molar-refractivity contribution in [1.29, 1.82) is 0 Å². The van der Waals surface area contributed by atoms with Gasteiger partial charge in [0.1, 0.15) is 5.01 Å². The first-order valence-corrected chi connectivity index (χ1v) is 8.87. The van der Waals surface area contributed by atoms with E-state index in [1.807, 2.05) is 35.0 Å². The molecule has 0 saturated heterocycles. The van der Waals surface area contributed by atoms with E-state index in [0.29, 0.717) is 17.5 Å². The lowest BCUT2D eigenvalue weighted by atomic mass is 10.1. The van der Waals surface area contributed by atoms with Gasteiger partial charge in [-0.05, 0) is 11.6 Å². The minimum Gasteiger partial charge on any atom is -0.352 e. The van der Waals surface area contributed by atoms with Crippen molar-refractivity contribution in [3.8, 4) is 5.69 Å². The van der Waals surface area contributed by atoms with E-state index in [2.05, 4.69) is 25.6 Å². The first-order valence-electron chi connectivity index (χ1n) is 7.99. The normalized spacial score (nSPS) is 11.8. The van der Waals surface area contributed by atoms with Crippen LogP contribution in [0.1, 0.15) is 16.3 Å². The lowest BCUT2D eigenvalue weighted by molar-refractivity contribution is -0.140. The summed E-state index contributed by atoms with van der Waals surface area (Å²) >= 11 is 0.957. The molecule has 1 aromatic carbocycles. The van der Waals surface area contributed by atoms with Crippen molar-refractivity contribution in [2.24, 2.45) is 4.99 Å². The fraction of sp³-hybridized carbons (Fsp3) is 0.235. The maximum atomic E-state index is 12.6. The molecule has 0 amide bonds. The van der Waals surface area contributed by atoms with Crippen LogP contribution in [0.3, 0.4) is 0 Å². The zero-order valence-corrected chi connectivity index (χ0v) is 17.9. The third kappa shape index (κ3) is 5.67. The molecule has 0 fully saturated rings. The van der Waals surface area contributed by atoms with Crippen LogP contribution in [0.5, 0.6) is 0 Å². The van der Waals surface area contributed by atoms with Crippen molar-refractivity contribution < 1.29 is 13.2 Å². The molecule has 0 saturated carbocycles. The number of hydrogen-bond donors (Lipinski definition) is 2. The Morgan fingerprint density at radius 3 is 2.61 bits per heavy atom. The highest BCUT2D eigenvalue weighted by atomic mass is 127. The summed E-state index contributed by atoms with van der Waals surface area (Å²) in [7, 11) is 1.60. The Morgan fingerprint density at radius 1 is 1.21 bits per heavy atom. The SMILES string of the molecule is CN=C(NCc1nc(C(F)(F)F)cs1)NCc1ccccc1-n1ccnc1.I. The summed E-state index contributed by atoms with van der Waals surface area (Å²) in [5, 5.41) is 7.48. The Kier molecular flexibility index (Phi) is 7.80. The summed E-state index contributed by atoms with van der Waals surface area (Å²) < 4.78 is 39.7. The van der Waals surface area contributed by atoms with Crippen LogP contribution in [0.2, 0.25) is 0 Å². The van der Waals surface area contributed by atoms with E-state index in [1.165, 1.54) is 0 Å². The van der Waals surface area contributed by atoms with Gasteiger partial charge in [0.15, 0.2) is 11.7 Å². The first kappa shape index (κ1) is 22.1. The zero-order valence-electron chi connectivity index (χ0n) is 14.8. The van der Waals surface area contributed by atoms with Gasteiger partial charge >= 0.3 is 6.18 Å². The molecule has 3 rings (SSSR count). The Bertz CT molecular complexity index is 908. The number of imidazole rings is 1. The number of benzene rings is 1. The van der Waals surface area contributed by atoms with Gasteiger partial charge in [-0.2, -0.15) is 13.2 Å². The van der Waals surface area contributed by atoms with Gasteiger partial charge in [-0.25, -0.2) is 9.97 Å². The smallest absolute Gasteiger partial charge is 0.352 e. The molecule has 150 valence electrons. The summed E-state index contributed by atoms with van der Waals surface area (Å²) in [6, 6.07) is 7.82. The van der Waals surface area contributed by atoms with Crippen LogP contribution >= 0.6 is 35.3 Å². The molecular formula is C17H18F3IN6S. The molecule has 2 heterocycles. The molecule has 0 bridgehead atoms. The van der Waals surface area contributed by atoms with E-state index in [-0.39, 0.29) is 30.5 Å². The molecule has 3 aromatic rings. The number of aliphatic imine (C=N–C) groups is 1. The van der Waals surface area contributed by atoms with Crippen LogP contribution in [-0.4, -0.2) is 27.5 Å². The number of rotatable bonds is 5. The predicted molar refractivity (Wildman–Crippen MR) is 113 cm³/mol. The Labute approximate surface area is 181 Å². The molecule has 0 unspecified atom stereocenters. The van der Waals surface area contributed by atoms with Crippen molar-refractivity contribution in [2.75, 3.05) is 7.05 Å². The monoisotopic (exact) mass is 522 g/mol. The second-order valence-corrected chi connectivity index (χ2v) is 6.44. The number of nitrogens with one attached hydrogen (secondary N) is 2. The average Bonchev–Trinajstić information content (AvgIpc) is 3.34. The molecule has 0 aliphatic carbocycles. The average molecular weight is 522 g/mol. The molecule has 28 heavy (non-hydrogen) atoms. The maximum Gasteiger partial charge on any atom is 0.434 e. The third-order valence-corrected chi connectivity index (χ3v) is 4.54. The molecule has 11 heteroatoms. The molecule has 2 aromatic heterocycles. The van der Waals surface area contributed by atoms with Gasteiger partial charge in [0.25, 0.3) is 0 Å². The van der Waals surface area contributed by atoms with Crippen molar-refractivity contribution in [1.82, 2.24) is 25.2 Å². The van der Waals surface area contributed by atoms with Crippen LogP contribution < -0.4 is 10.6 Å². The van der Waals surface area contributed by atoms with Crippen molar-refractivity contribution in [2.45, 2.75) is 19.3 Å². The van der Waals surface area contributed by atoms with Crippen molar-refractivity contribution >= 4 is 41.3 Å². The predicted octanol–water partition coefficient (Wildman–Crippen LogP) is 3.83. The summed E-state index contributed by atoms with van der Waals surface area (Å²) in [5.74, 6) is 0.471. The summed E-state index contributed by atoms with van der Waals surface area (Å²) in [6.45, 7) is 0.642. The van der Waals surface area contributed by atoms with Crippen LogP contribution in [0, 0.1) is 0 Å². The van der Waals surface area contributed by atoms with Crippen molar-refractivity contribution in [3.63, 3.8) is 0 Å². The minimum atomic E-state index is -4.42. The number of para-hydroxylation sites is 1. The molecule has 0 aliphatic heterocycles. The van der Waals surface area contributed by atoms with Gasteiger partial charge in [-0.1, -0.05) is 18.2 Å².